The van der Waals surface area contributed by atoms with E-state index in [2.05, 4.69) is 24.9 Å². The van der Waals surface area contributed by atoms with E-state index in [0.717, 1.165) is 22.6 Å². The number of aromatic nitrogens is 5. The van der Waals surface area contributed by atoms with Crippen molar-refractivity contribution in [2.24, 2.45) is 0 Å². The van der Waals surface area contributed by atoms with Crippen LogP contribution in [0.4, 0.5) is 5.95 Å². The second-order valence-electron chi connectivity index (χ2n) is 4.56. The predicted octanol–water partition coefficient (Wildman–Crippen LogP) is 1.79. The van der Waals surface area contributed by atoms with Gasteiger partial charge in [-0.1, -0.05) is 0 Å². The van der Waals surface area contributed by atoms with Gasteiger partial charge in [-0.3, -0.25) is 0 Å². The molecule has 0 aliphatic heterocycles. The summed E-state index contributed by atoms with van der Waals surface area (Å²) in [6.07, 6.45) is 3.55. The monoisotopic (exact) mass is 254 g/mol. The van der Waals surface area contributed by atoms with Gasteiger partial charge in [0.05, 0.1) is 11.2 Å². The van der Waals surface area contributed by atoms with Crippen LogP contribution in [0.25, 0.3) is 22.4 Å². The van der Waals surface area contributed by atoms with Crippen LogP contribution in [0.15, 0.2) is 24.5 Å². The van der Waals surface area contributed by atoms with Crippen molar-refractivity contribution in [3.63, 3.8) is 0 Å². The molecular weight excluding hydrogens is 240 g/mol. The third kappa shape index (κ3) is 2.12. The molecule has 0 aliphatic carbocycles. The number of hydrogen-bond acceptors (Lipinski definition) is 5. The lowest BCUT2D eigenvalue weighted by Gasteiger charge is -2.09. The molecule has 1 N–H and O–H groups in total. The molecule has 0 atom stereocenters. The standard InChI is InChI=1S/C13H14N6/c1-8-16-11-5-4-10(18-12(11)17-8)9-6-14-13(15-7-9)19(2)3/h4-7H,1-3H3,(H,16,17,18). The molecule has 3 heterocycles. The fourth-order valence-electron chi connectivity index (χ4n) is 1.86. The fourth-order valence-corrected chi connectivity index (χ4v) is 1.86. The Kier molecular flexibility index (Phi) is 2.63. The highest BCUT2D eigenvalue weighted by Gasteiger charge is 2.06. The quantitative estimate of drug-likeness (QED) is 0.755. The van der Waals surface area contributed by atoms with Crippen molar-refractivity contribution in [3.05, 3.63) is 30.4 Å². The van der Waals surface area contributed by atoms with E-state index in [4.69, 9.17) is 0 Å². The number of aromatic amines is 1. The molecular formula is C13H14N6. The van der Waals surface area contributed by atoms with Gasteiger partial charge in [0.1, 0.15) is 5.82 Å². The minimum absolute atomic E-state index is 0.681. The number of H-pyrrole nitrogens is 1. The highest BCUT2D eigenvalue weighted by atomic mass is 15.2. The van der Waals surface area contributed by atoms with Gasteiger partial charge in [-0.05, 0) is 19.1 Å². The van der Waals surface area contributed by atoms with Crippen LogP contribution in [0.3, 0.4) is 0 Å². The number of nitrogens with zero attached hydrogens (tertiary/aromatic N) is 5. The number of imidazole rings is 1. The van der Waals surface area contributed by atoms with Crippen LogP contribution in [-0.4, -0.2) is 39.0 Å². The first kappa shape index (κ1) is 11.6. The Hall–Kier alpha value is -2.50. The van der Waals surface area contributed by atoms with E-state index < -0.39 is 0 Å². The van der Waals surface area contributed by atoms with Crippen molar-refractivity contribution in [1.82, 2.24) is 24.9 Å². The van der Waals surface area contributed by atoms with E-state index in [1.807, 2.05) is 38.1 Å². The number of pyridine rings is 1. The zero-order valence-corrected chi connectivity index (χ0v) is 11.0. The Morgan fingerprint density at radius 1 is 1.05 bits per heavy atom. The smallest absolute Gasteiger partial charge is 0.224 e. The van der Waals surface area contributed by atoms with Crippen LogP contribution in [0, 0.1) is 6.92 Å². The molecule has 0 radical (unpaired) electrons. The van der Waals surface area contributed by atoms with E-state index in [-0.39, 0.29) is 0 Å². The van der Waals surface area contributed by atoms with Crippen LogP contribution < -0.4 is 4.90 Å². The second kappa shape index (κ2) is 4.31. The van der Waals surface area contributed by atoms with E-state index >= 15 is 0 Å². The number of anilines is 1. The molecule has 0 amide bonds. The zero-order chi connectivity index (χ0) is 13.4. The first-order valence-corrected chi connectivity index (χ1v) is 5.96. The molecule has 6 heteroatoms. The summed E-state index contributed by atoms with van der Waals surface area (Å²) in [6, 6.07) is 3.91. The highest BCUT2D eigenvalue weighted by molar-refractivity contribution is 5.75. The van der Waals surface area contributed by atoms with Gasteiger partial charge in [-0.25, -0.2) is 19.9 Å². The molecule has 19 heavy (non-hydrogen) atoms. The summed E-state index contributed by atoms with van der Waals surface area (Å²) < 4.78 is 0. The normalized spacial score (nSPS) is 10.9. The lowest BCUT2D eigenvalue weighted by molar-refractivity contribution is 0.999. The molecule has 0 aliphatic rings. The second-order valence-corrected chi connectivity index (χ2v) is 4.56. The van der Waals surface area contributed by atoms with Crippen molar-refractivity contribution < 1.29 is 0 Å². The summed E-state index contributed by atoms with van der Waals surface area (Å²) in [5, 5.41) is 0. The van der Waals surface area contributed by atoms with E-state index in [1.165, 1.54) is 0 Å². The molecule has 0 fully saturated rings. The molecule has 3 aromatic rings. The van der Waals surface area contributed by atoms with Crippen molar-refractivity contribution >= 4 is 17.1 Å². The Balaban J connectivity index is 2.03. The first-order chi connectivity index (χ1) is 9.13. The molecule has 3 rings (SSSR count). The van der Waals surface area contributed by atoms with Crippen molar-refractivity contribution in [1.29, 1.82) is 0 Å². The summed E-state index contributed by atoms with van der Waals surface area (Å²) in [5.41, 5.74) is 3.36. The Bertz CT molecular complexity index is 714. The fraction of sp³-hybridized carbons (Fsp3) is 0.231. The van der Waals surface area contributed by atoms with Crippen molar-refractivity contribution in [2.75, 3.05) is 19.0 Å². The van der Waals surface area contributed by atoms with Crippen LogP contribution in [0.2, 0.25) is 0 Å². The number of hydrogen-bond donors (Lipinski definition) is 1. The molecule has 0 unspecified atom stereocenters. The highest BCUT2D eigenvalue weighted by Crippen LogP contribution is 2.19. The third-order valence-corrected chi connectivity index (χ3v) is 2.80. The van der Waals surface area contributed by atoms with Gasteiger partial charge in [0.2, 0.25) is 5.95 Å². The van der Waals surface area contributed by atoms with Gasteiger partial charge < -0.3 is 9.88 Å². The molecule has 0 spiro atoms. The molecule has 0 saturated heterocycles. The molecule has 0 bridgehead atoms. The minimum atomic E-state index is 0.681. The van der Waals surface area contributed by atoms with Crippen LogP contribution >= 0.6 is 0 Å². The van der Waals surface area contributed by atoms with Gasteiger partial charge in [0.25, 0.3) is 0 Å². The number of fused-ring (bicyclic) bond motifs is 1. The maximum atomic E-state index is 4.50. The van der Waals surface area contributed by atoms with Crippen LogP contribution in [0.5, 0.6) is 0 Å². The molecule has 96 valence electrons. The summed E-state index contributed by atoms with van der Waals surface area (Å²) in [7, 11) is 3.82. The van der Waals surface area contributed by atoms with Crippen LogP contribution in [-0.2, 0) is 0 Å². The lowest BCUT2D eigenvalue weighted by Crippen LogP contribution is -2.12. The van der Waals surface area contributed by atoms with E-state index in [1.54, 1.807) is 12.4 Å². The number of nitrogens with one attached hydrogen (secondary N) is 1. The van der Waals surface area contributed by atoms with Gasteiger partial charge in [-0.15, -0.1) is 0 Å². The van der Waals surface area contributed by atoms with E-state index in [0.29, 0.717) is 11.6 Å². The Morgan fingerprint density at radius 3 is 2.47 bits per heavy atom. The number of aryl methyl sites for hydroxylation is 1. The SMILES string of the molecule is Cc1nc2nc(-c3cnc(N(C)C)nc3)ccc2[nH]1. The first-order valence-electron chi connectivity index (χ1n) is 5.96. The summed E-state index contributed by atoms with van der Waals surface area (Å²) in [5.74, 6) is 1.54. The largest absolute Gasteiger partial charge is 0.347 e. The van der Waals surface area contributed by atoms with Gasteiger partial charge >= 0.3 is 0 Å². The summed E-state index contributed by atoms with van der Waals surface area (Å²) in [6.45, 7) is 1.91. The zero-order valence-electron chi connectivity index (χ0n) is 11.0. The average molecular weight is 254 g/mol. The topological polar surface area (TPSA) is 70.6 Å². The van der Waals surface area contributed by atoms with Gasteiger partial charge in [-0.2, -0.15) is 0 Å². The van der Waals surface area contributed by atoms with Crippen molar-refractivity contribution in [2.45, 2.75) is 6.92 Å². The average Bonchev–Trinajstić information content (AvgIpc) is 2.77. The maximum absolute atomic E-state index is 4.50. The number of rotatable bonds is 2. The van der Waals surface area contributed by atoms with E-state index in [9.17, 15) is 0 Å². The molecule has 0 aromatic carbocycles. The minimum Gasteiger partial charge on any atom is -0.347 e. The van der Waals surface area contributed by atoms with Crippen molar-refractivity contribution in [3.8, 4) is 11.3 Å². The van der Waals surface area contributed by atoms with Gasteiger partial charge in [0, 0.05) is 32.1 Å². The molecule has 0 saturated carbocycles. The van der Waals surface area contributed by atoms with Gasteiger partial charge in [0.15, 0.2) is 5.65 Å². The predicted molar refractivity (Wildman–Crippen MR) is 74.0 cm³/mol. The van der Waals surface area contributed by atoms with Crippen LogP contribution in [0.1, 0.15) is 5.82 Å². The maximum Gasteiger partial charge on any atom is 0.224 e. The molecule has 6 nitrogen and oxygen atoms in total. The summed E-state index contributed by atoms with van der Waals surface area (Å²) in [4.78, 5) is 22.4. The Morgan fingerprint density at radius 2 is 1.79 bits per heavy atom. The lowest BCUT2D eigenvalue weighted by atomic mass is 10.2. The Labute approximate surface area is 110 Å². The summed E-state index contributed by atoms with van der Waals surface area (Å²) >= 11 is 0. The molecule has 3 aromatic heterocycles. The third-order valence-electron chi connectivity index (χ3n) is 2.80.